The second-order valence-corrected chi connectivity index (χ2v) is 5.18. The second kappa shape index (κ2) is 2.66. The molecule has 3 fully saturated rings. The van der Waals surface area contributed by atoms with Gasteiger partial charge in [0.2, 0.25) is 5.91 Å². The zero-order chi connectivity index (χ0) is 12.5. The van der Waals surface area contributed by atoms with E-state index >= 15 is 0 Å². The van der Waals surface area contributed by atoms with E-state index in [9.17, 15) is 19.2 Å². The van der Waals surface area contributed by atoms with E-state index < -0.39 is 11.9 Å². The third-order valence-corrected chi connectivity index (χ3v) is 3.79. The van der Waals surface area contributed by atoms with Crippen LogP contribution in [0.25, 0.3) is 0 Å². The molecule has 0 aromatic heterocycles. The van der Waals surface area contributed by atoms with Gasteiger partial charge in [-0.3, -0.25) is 19.7 Å². The van der Waals surface area contributed by atoms with Crippen LogP contribution in [0, 0.1) is 17.3 Å². The first-order chi connectivity index (χ1) is 7.85. The molecule has 2 unspecified atom stereocenters. The van der Waals surface area contributed by atoms with Crippen LogP contribution in [0.2, 0.25) is 0 Å². The van der Waals surface area contributed by atoms with Gasteiger partial charge in [-0.1, -0.05) is 13.8 Å². The van der Waals surface area contributed by atoms with E-state index in [1.807, 2.05) is 19.2 Å². The van der Waals surface area contributed by atoms with Gasteiger partial charge in [0.15, 0.2) is 0 Å². The smallest absolute Gasteiger partial charge is 0.275 e. The van der Waals surface area contributed by atoms with Crippen LogP contribution >= 0.6 is 0 Å². The number of fused-ring (bicyclic) bond motifs is 1. The first kappa shape index (κ1) is 10.2. The summed E-state index contributed by atoms with van der Waals surface area (Å²) in [4.78, 5) is 46.4. The summed E-state index contributed by atoms with van der Waals surface area (Å²) in [6, 6.07) is -0.712. The fourth-order valence-electron chi connectivity index (χ4n) is 2.76. The lowest BCUT2D eigenvalue weighted by atomic mass is 10.1. The fourth-order valence-corrected chi connectivity index (χ4v) is 2.76. The molecule has 0 aromatic rings. The lowest BCUT2D eigenvalue weighted by Gasteiger charge is -2.27. The molecule has 2 aliphatic heterocycles. The van der Waals surface area contributed by atoms with Crippen molar-refractivity contribution in [1.29, 1.82) is 0 Å². The molecule has 0 spiro atoms. The van der Waals surface area contributed by atoms with Crippen molar-refractivity contribution in [3.05, 3.63) is 0 Å². The zero-order valence-electron chi connectivity index (χ0n) is 9.39. The first-order valence-corrected chi connectivity index (χ1v) is 5.35. The maximum Gasteiger partial charge on any atom is 0.343 e. The number of amides is 5. The number of piperidine rings is 1. The Labute approximate surface area is 96.7 Å². The highest BCUT2D eigenvalue weighted by Crippen LogP contribution is 2.63. The van der Waals surface area contributed by atoms with Gasteiger partial charge < -0.3 is 0 Å². The molecule has 0 radical (unpaired) electrons. The summed E-state index contributed by atoms with van der Waals surface area (Å²) < 4.78 is 0. The van der Waals surface area contributed by atoms with E-state index in [0.717, 1.165) is 10.0 Å². The molecule has 2 atom stereocenters. The van der Waals surface area contributed by atoms with Crippen molar-refractivity contribution in [2.75, 3.05) is 6.54 Å². The number of carbonyl (C=O) groups excluding carboxylic acids is 4. The Kier molecular flexibility index (Phi) is 1.60. The molecular weight excluding hydrogens is 226 g/mol. The number of hydrogen-bond donors (Lipinski definition) is 1. The summed E-state index contributed by atoms with van der Waals surface area (Å²) in [5.41, 5.74) is -0.315. The van der Waals surface area contributed by atoms with Crippen LogP contribution in [-0.2, 0) is 14.4 Å². The average molecular weight is 237 g/mol. The highest BCUT2D eigenvalue weighted by Gasteiger charge is 2.74. The Balaban J connectivity index is 1.88. The van der Waals surface area contributed by atoms with Crippen molar-refractivity contribution >= 4 is 23.8 Å². The van der Waals surface area contributed by atoms with Gasteiger partial charge in [-0.05, 0) is 5.41 Å². The van der Waals surface area contributed by atoms with Crippen LogP contribution in [0.15, 0.2) is 0 Å². The number of nitrogens with zero attached hydrogens (tertiary/aromatic N) is 2. The number of hydrogen-bond acceptors (Lipinski definition) is 4. The molecule has 17 heavy (non-hydrogen) atoms. The van der Waals surface area contributed by atoms with Crippen molar-refractivity contribution in [2.24, 2.45) is 17.3 Å². The molecule has 1 aliphatic carbocycles. The zero-order valence-corrected chi connectivity index (χ0v) is 9.39. The predicted octanol–water partition coefficient (Wildman–Crippen LogP) is -0.906. The Morgan fingerprint density at radius 2 is 1.65 bits per heavy atom. The molecule has 1 saturated carbocycles. The number of urea groups is 1. The number of hydrazine groups is 1. The summed E-state index contributed by atoms with van der Waals surface area (Å²) in [6.45, 7) is 3.44. The maximum atomic E-state index is 12.0. The quantitative estimate of drug-likeness (QED) is 0.472. The number of nitrogens with one attached hydrogen (secondary N) is 1. The number of imide groups is 2. The van der Waals surface area contributed by atoms with Gasteiger partial charge in [0.1, 0.15) is 6.54 Å². The summed E-state index contributed by atoms with van der Waals surface area (Å²) in [6.07, 6.45) is 0. The van der Waals surface area contributed by atoms with Crippen LogP contribution in [-0.4, -0.2) is 40.3 Å². The van der Waals surface area contributed by atoms with Gasteiger partial charge in [0, 0.05) is 0 Å². The van der Waals surface area contributed by atoms with Gasteiger partial charge in [0.25, 0.3) is 11.8 Å². The highest BCUT2D eigenvalue weighted by atomic mass is 16.2. The monoisotopic (exact) mass is 237 g/mol. The van der Waals surface area contributed by atoms with Crippen molar-refractivity contribution in [3.8, 4) is 0 Å². The predicted molar refractivity (Wildman–Crippen MR) is 52.9 cm³/mol. The van der Waals surface area contributed by atoms with E-state index in [2.05, 4.69) is 0 Å². The van der Waals surface area contributed by atoms with Crippen molar-refractivity contribution < 1.29 is 19.2 Å². The van der Waals surface area contributed by atoms with Crippen molar-refractivity contribution in [3.63, 3.8) is 0 Å². The van der Waals surface area contributed by atoms with E-state index in [4.69, 9.17) is 0 Å². The summed E-state index contributed by atoms with van der Waals surface area (Å²) in [5.74, 6) is -1.96. The van der Waals surface area contributed by atoms with Crippen molar-refractivity contribution in [1.82, 2.24) is 15.3 Å². The fraction of sp³-hybridized carbons (Fsp3) is 0.600. The van der Waals surface area contributed by atoms with Gasteiger partial charge >= 0.3 is 6.03 Å². The lowest BCUT2D eigenvalue weighted by Crippen LogP contribution is -2.50. The first-order valence-electron chi connectivity index (χ1n) is 5.35. The van der Waals surface area contributed by atoms with Gasteiger partial charge in [-0.25, -0.2) is 9.80 Å². The number of carbonyl (C=O) groups is 4. The molecule has 3 aliphatic rings. The standard InChI is InChI=1S/C10H11N3O4/c1-10(2)5-6(10)8(16)13(7(5)15)12-3-4(14)11-9(12)17/h5-6H,3H2,1-2H3,(H,11,14,17). The normalized spacial score (nSPS) is 34.2. The minimum Gasteiger partial charge on any atom is -0.275 e. The van der Waals surface area contributed by atoms with E-state index in [-0.39, 0.29) is 35.6 Å². The summed E-state index contributed by atoms with van der Waals surface area (Å²) in [5, 5.41) is 3.74. The average Bonchev–Trinajstić information content (AvgIpc) is 2.46. The molecule has 0 bridgehead atoms. The molecule has 2 heterocycles. The number of rotatable bonds is 1. The third-order valence-electron chi connectivity index (χ3n) is 3.79. The highest BCUT2D eigenvalue weighted by molar-refractivity contribution is 6.13. The molecular formula is C10H11N3O4. The SMILES string of the molecule is CC1(C)C2C(=O)N(N3CC(=O)NC3=O)C(=O)C21. The maximum absolute atomic E-state index is 12.0. The van der Waals surface area contributed by atoms with Crippen molar-refractivity contribution in [2.45, 2.75) is 13.8 Å². The minimum atomic E-state index is -0.712. The summed E-state index contributed by atoms with van der Waals surface area (Å²) >= 11 is 0. The van der Waals surface area contributed by atoms with E-state index in [1.165, 1.54) is 0 Å². The van der Waals surface area contributed by atoms with Gasteiger partial charge in [-0.15, -0.1) is 0 Å². The largest absolute Gasteiger partial charge is 0.343 e. The van der Waals surface area contributed by atoms with E-state index in [0.29, 0.717) is 0 Å². The Bertz CT molecular complexity index is 460. The Hall–Kier alpha value is -1.92. The molecule has 90 valence electrons. The van der Waals surface area contributed by atoms with Gasteiger partial charge in [-0.2, -0.15) is 5.01 Å². The topological polar surface area (TPSA) is 86.8 Å². The van der Waals surface area contributed by atoms with Crippen LogP contribution < -0.4 is 5.32 Å². The molecule has 5 amide bonds. The minimum absolute atomic E-state index is 0.268. The molecule has 1 N–H and O–H groups in total. The third kappa shape index (κ3) is 1.06. The summed E-state index contributed by atoms with van der Waals surface area (Å²) in [7, 11) is 0. The van der Waals surface area contributed by atoms with Crippen LogP contribution in [0.3, 0.4) is 0 Å². The molecule has 3 rings (SSSR count). The van der Waals surface area contributed by atoms with Crippen LogP contribution in [0.5, 0.6) is 0 Å². The van der Waals surface area contributed by atoms with E-state index in [1.54, 1.807) is 0 Å². The van der Waals surface area contributed by atoms with Crippen LogP contribution in [0.4, 0.5) is 4.79 Å². The molecule has 7 nitrogen and oxygen atoms in total. The second-order valence-electron chi connectivity index (χ2n) is 5.18. The lowest BCUT2D eigenvalue weighted by molar-refractivity contribution is -0.156. The van der Waals surface area contributed by atoms with Crippen LogP contribution in [0.1, 0.15) is 13.8 Å². The molecule has 0 aromatic carbocycles. The molecule has 2 saturated heterocycles. The Morgan fingerprint density at radius 1 is 1.12 bits per heavy atom. The van der Waals surface area contributed by atoms with Gasteiger partial charge in [0.05, 0.1) is 11.8 Å². The molecule has 7 heteroatoms. The Morgan fingerprint density at radius 3 is 2.06 bits per heavy atom.